The lowest BCUT2D eigenvalue weighted by Gasteiger charge is -2.09. The fourth-order valence-corrected chi connectivity index (χ4v) is 1.98. The lowest BCUT2D eigenvalue weighted by Crippen LogP contribution is -2.00. The first-order valence-electron chi connectivity index (χ1n) is 6.44. The molecule has 0 spiro atoms. The molecule has 2 rings (SSSR count). The molecule has 23 heavy (non-hydrogen) atoms. The monoisotopic (exact) mass is 303 g/mol. The molecule has 0 amide bonds. The van der Waals surface area contributed by atoms with Gasteiger partial charge in [0.2, 0.25) is 0 Å². The van der Waals surface area contributed by atoms with Gasteiger partial charge in [0, 0.05) is 11.8 Å². The zero-order chi connectivity index (χ0) is 16.8. The molecule has 0 aromatic heterocycles. The van der Waals surface area contributed by atoms with Gasteiger partial charge in [-0.05, 0) is 23.8 Å². The van der Waals surface area contributed by atoms with Crippen molar-refractivity contribution in [1.82, 2.24) is 0 Å². The van der Waals surface area contributed by atoms with E-state index in [0.29, 0.717) is 5.69 Å². The number of nitrogens with one attached hydrogen (secondary N) is 1. The summed E-state index contributed by atoms with van der Waals surface area (Å²) in [6, 6.07) is 14.8. The van der Waals surface area contributed by atoms with E-state index in [1.54, 1.807) is 30.3 Å². The highest BCUT2D eigenvalue weighted by atomic mass is 16.6. The van der Waals surface area contributed by atoms with Crippen LogP contribution in [0.1, 0.15) is 16.7 Å². The van der Waals surface area contributed by atoms with Gasteiger partial charge in [-0.25, -0.2) is 0 Å². The molecule has 0 atom stereocenters. The van der Waals surface area contributed by atoms with Crippen LogP contribution in [0, 0.1) is 44.1 Å². The molecular weight excluding hydrogens is 294 g/mol. The summed E-state index contributed by atoms with van der Waals surface area (Å²) in [6.45, 7) is 0. The molecular formula is C16H9N5O2. The van der Waals surface area contributed by atoms with Gasteiger partial charge < -0.3 is 5.32 Å². The van der Waals surface area contributed by atoms with Crippen LogP contribution in [0.25, 0.3) is 0 Å². The molecule has 0 bridgehead atoms. The van der Waals surface area contributed by atoms with Gasteiger partial charge in [0.25, 0.3) is 5.69 Å². The van der Waals surface area contributed by atoms with E-state index in [2.05, 4.69) is 5.32 Å². The average Bonchev–Trinajstić information content (AvgIpc) is 2.56. The normalized spacial score (nSPS) is 9.26. The number of rotatable bonds is 4. The quantitative estimate of drug-likeness (QED) is 0.682. The van der Waals surface area contributed by atoms with Crippen molar-refractivity contribution >= 4 is 17.1 Å². The van der Waals surface area contributed by atoms with Crippen molar-refractivity contribution in [2.45, 2.75) is 6.42 Å². The SMILES string of the molecule is N#CCc1ccc(Nc2cc(C#N)c(C#N)cc2[N+](=O)[O-])cc1. The number of hydrogen-bond acceptors (Lipinski definition) is 6. The number of nitro groups is 1. The van der Waals surface area contributed by atoms with E-state index in [1.807, 2.05) is 12.1 Å². The molecule has 0 aliphatic rings. The highest BCUT2D eigenvalue weighted by molar-refractivity contribution is 5.73. The summed E-state index contributed by atoms with van der Waals surface area (Å²) in [6.07, 6.45) is 0.274. The number of nitriles is 3. The van der Waals surface area contributed by atoms with Crippen LogP contribution >= 0.6 is 0 Å². The number of nitrogens with zero attached hydrogens (tertiary/aromatic N) is 4. The Hall–Kier alpha value is -3.89. The second kappa shape index (κ2) is 6.71. The Kier molecular flexibility index (Phi) is 4.52. The molecule has 0 radical (unpaired) electrons. The Balaban J connectivity index is 2.42. The van der Waals surface area contributed by atoms with Crippen molar-refractivity contribution in [3.8, 4) is 18.2 Å². The Labute approximate surface area is 131 Å². The number of benzene rings is 2. The fourth-order valence-electron chi connectivity index (χ4n) is 1.98. The van der Waals surface area contributed by atoms with Gasteiger partial charge >= 0.3 is 0 Å². The molecule has 0 aliphatic carbocycles. The van der Waals surface area contributed by atoms with Crippen LogP contribution < -0.4 is 5.32 Å². The van der Waals surface area contributed by atoms with Crippen LogP contribution in [-0.4, -0.2) is 4.92 Å². The fraction of sp³-hybridized carbons (Fsp3) is 0.0625. The molecule has 2 aromatic rings. The summed E-state index contributed by atoms with van der Waals surface area (Å²) in [5.74, 6) is 0. The van der Waals surface area contributed by atoms with Crippen LogP contribution in [0.5, 0.6) is 0 Å². The van der Waals surface area contributed by atoms with E-state index in [9.17, 15) is 10.1 Å². The maximum atomic E-state index is 11.2. The minimum absolute atomic E-state index is 0.0471. The maximum absolute atomic E-state index is 11.2. The molecule has 110 valence electrons. The second-order valence-electron chi connectivity index (χ2n) is 4.55. The van der Waals surface area contributed by atoms with Gasteiger partial charge in [-0.3, -0.25) is 10.1 Å². The number of hydrogen-bond donors (Lipinski definition) is 1. The predicted molar refractivity (Wildman–Crippen MR) is 81.6 cm³/mol. The zero-order valence-corrected chi connectivity index (χ0v) is 11.8. The molecule has 7 heteroatoms. The average molecular weight is 303 g/mol. The van der Waals surface area contributed by atoms with E-state index in [-0.39, 0.29) is 28.9 Å². The topological polar surface area (TPSA) is 127 Å². The molecule has 0 aliphatic heterocycles. The van der Waals surface area contributed by atoms with E-state index in [1.165, 1.54) is 6.07 Å². The smallest absolute Gasteiger partial charge is 0.294 e. The molecule has 7 nitrogen and oxygen atoms in total. The van der Waals surface area contributed by atoms with Gasteiger partial charge in [-0.2, -0.15) is 15.8 Å². The highest BCUT2D eigenvalue weighted by Crippen LogP contribution is 2.30. The van der Waals surface area contributed by atoms with Gasteiger partial charge in [-0.15, -0.1) is 0 Å². The molecule has 0 unspecified atom stereocenters. The minimum Gasteiger partial charge on any atom is -0.350 e. The summed E-state index contributed by atoms with van der Waals surface area (Å²) in [7, 11) is 0. The van der Waals surface area contributed by atoms with E-state index >= 15 is 0 Å². The Morgan fingerprint density at radius 3 is 2.17 bits per heavy atom. The third-order valence-corrected chi connectivity index (χ3v) is 3.09. The molecule has 0 saturated heterocycles. The molecule has 0 saturated carbocycles. The standard InChI is InChI=1S/C16H9N5O2/c17-6-5-11-1-3-14(4-2-11)20-15-7-12(9-18)13(10-19)8-16(15)21(22)23/h1-4,7-8,20H,5H2. The van der Waals surface area contributed by atoms with E-state index in [0.717, 1.165) is 11.6 Å². The van der Waals surface area contributed by atoms with E-state index in [4.69, 9.17) is 15.8 Å². The van der Waals surface area contributed by atoms with Crippen LogP contribution in [0.2, 0.25) is 0 Å². The van der Waals surface area contributed by atoms with Crippen molar-refractivity contribution < 1.29 is 4.92 Å². The Bertz CT molecular complexity index is 883. The number of anilines is 2. The second-order valence-corrected chi connectivity index (χ2v) is 4.55. The molecule has 1 N–H and O–H groups in total. The first kappa shape index (κ1) is 15.5. The lowest BCUT2D eigenvalue weighted by atomic mass is 10.1. The summed E-state index contributed by atoms with van der Waals surface area (Å²) in [5.41, 5.74) is 1.24. The summed E-state index contributed by atoms with van der Waals surface area (Å²) in [5, 5.41) is 40.6. The number of nitro benzene ring substituents is 1. The summed E-state index contributed by atoms with van der Waals surface area (Å²) >= 11 is 0. The first-order valence-corrected chi connectivity index (χ1v) is 6.44. The third kappa shape index (κ3) is 3.41. The minimum atomic E-state index is -0.617. The Morgan fingerprint density at radius 2 is 1.65 bits per heavy atom. The maximum Gasteiger partial charge on any atom is 0.294 e. The zero-order valence-electron chi connectivity index (χ0n) is 11.8. The molecule has 0 heterocycles. The van der Waals surface area contributed by atoms with Gasteiger partial charge in [0.1, 0.15) is 17.8 Å². The van der Waals surface area contributed by atoms with Crippen LogP contribution in [0.3, 0.4) is 0 Å². The van der Waals surface area contributed by atoms with Crippen LogP contribution in [0.4, 0.5) is 17.1 Å². The predicted octanol–water partition coefficient (Wildman–Crippen LogP) is 3.15. The lowest BCUT2D eigenvalue weighted by molar-refractivity contribution is -0.383. The largest absolute Gasteiger partial charge is 0.350 e. The van der Waals surface area contributed by atoms with Crippen LogP contribution in [-0.2, 0) is 6.42 Å². The Morgan fingerprint density at radius 1 is 1.04 bits per heavy atom. The van der Waals surface area contributed by atoms with Crippen LogP contribution in [0.15, 0.2) is 36.4 Å². The van der Waals surface area contributed by atoms with Crippen molar-refractivity contribution in [2.75, 3.05) is 5.32 Å². The summed E-state index contributed by atoms with van der Waals surface area (Å²) < 4.78 is 0. The highest BCUT2D eigenvalue weighted by Gasteiger charge is 2.18. The van der Waals surface area contributed by atoms with Gasteiger partial charge in [0.05, 0.1) is 28.5 Å². The molecule has 0 fully saturated rings. The summed E-state index contributed by atoms with van der Waals surface area (Å²) in [4.78, 5) is 10.5. The third-order valence-electron chi connectivity index (χ3n) is 3.09. The van der Waals surface area contributed by atoms with Crippen molar-refractivity contribution in [2.24, 2.45) is 0 Å². The van der Waals surface area contributed by atoms with Crippen molar-refractivity contribution in [3.05, 3.63) is 63.2 Å². The van der Waals surface area contributed by atoms with E-state index < -0.39 is 4.92 Å². The van der Waals surface area contributed by atoms with Gasteiger partial charge in [0.15, 0.2) is 0 Å². The van der Waals surface area contributed by atoms with Gasteiger partial charge in [-0.1, -0.05) is 12.1 Å². The first-order chi connectivity index (χ1) is 11.1. The van der Waals surface area contributed by atoms with Crippen molar-refractivity contribution in [3.63, 3.8) is 0 Å². The molecule has 2 aromatic carbocycles. The van der Waals surface area contributed by atoms with Crippen molar-refractivity contribution in [1.29, 1.82) is 15.8 Å².